The fourth-order valence-electron chi connectivity index (χ4n) is 5.57. The van der Waals surface area contributed by atoms with Crippen LogP contribution in [-0.2, 0) is 6.42 Å². The lowest BCUT2D eigenvalue weighted by atomic mass is 9.76. The lowest BCUT2D eigenvalue weighted by Gasteiger charge is -2.29. The van der Waals surface area contributed by atoms with E-state index in [1.807, 2.05) is 60.7 Å². The van der Waals surface area contributed by atoms with E-state index in [9.17, 15) is 9.90 Å². The van der Waals surface area contributed by atoms with Gasteiger partial charge in [0.25, 0.3) is 5.91 Å². The number of amides is 1. The third-order valence-corrected chi connectivity index (χ3v) is 8.51. The molecule has 1 aliphatic rings. The van der Waals surface area contributed by atoms with Gasteiger partial charge < -0.3 is 10.4 Å². The van der Waals surface area contributed by atoms with Gasteiger partial charge in [0.2, 0.25) is 0 Å². The molecule has 1 aliphatic carbocycles. The number of allylic oxidation sites excluding steroid dienone is 2. The van der Waals surface area contributed by atoms with E-state index in [-0.39, 0.29) is 11.7 Å². The van der Waals surface area contributed by atoms with Crippen molar-refractivity contribution in [3.8, 4) is 16.9 Å². The molecular weight excluding hydrogens is 490 g/mol. The molecule has 0 unspecified atom stereocenters. The number of phenols is 1. The van der Waals surface area contributed by atoms with Crippen LogP contribution in [0.4, 0.5) is 5.69 Å². The highest BCUT2D eigenvalue weighted by molar-refractivity contribution is 6.04. The summed E-state index contributed by atoms with van der Waals surface area (Å²) in [7, 11) is 0. The van der Waals surface area contributed by atoms with Crippen LogP contribution in [-0.4, -0.2) is 11.0 Å². The number of carbonyl (C=O) groups is 1. The minimum atomic E-state index is -0.175. The Bertz CT molecular complexity index is 1540. The molecule has 40 heavy (non-hydrogen) atoms. The summed E-state index contributed by atoms with van der Waals surface area (Å²) >= 11 is 0. The van der Waals surface area contributed by atoms with E-state index >= 15 is 0 Å². The van der Waals surface area contributed by atoms with Gasteiger partial charge in [0.05, 0.1) is 0 Å². The Kier molecular flexibility index (Phi) is 8.21. The molecule has 1 amide bonds. The molecule has 0 heterocycles. The number of hydrogen-bond acceptors (Lipinski definition) is 2. The van der Waals surface area contributed by atoms with E-state index in [0.29, 0.717) is 17.2 Å². The highest BCUT2D eigenvalue weighted by Gasteiger charge is 2.25. The number of carbonyl (C=O) groups excluding carboxylic acids is 1. The summed E-state index contributed by atoms with van der Waals surface area (Å²) in [6.45, 7) is 8.79. The maximum atomic E-state index is 13.2. The molecule has 2 N–H and O–H groups in total. The van der Waals surface area contributed by atoms with Crippen LogP contribution in [0, 0.1) is 6.92 Å². The SMILES string of the molecule is CC/C(C)=C(/C)c1cc(Cc2ccc(C(=O)Nc3cc(O)c(-c4ccccc4)c(C4CCC4)c3)cc2)ccc1C. The van der Waals surface area contributed by atoms with Crippen molar-refractivity contribution < 1.29 is 9.90 Å². The van der Waals surface area contributed by atoms with Crippen LogP contribution in [0.2, 0.25) is 0 Å². The Hall–Kier alpha value is -4.11. The van der Waals surface area contributed by atoms with Crippen molar-refractivity contribution in [2.24, 2.45) is 0 Å². The molecule has 1 fully saturated rings. The van der Waals surface area contributed by atoms with E-state index in [0.717, 1.165) is 47.9 Å². The summed E-state index contributed by atoms with van der Waals surface area (Å²) in [5.74, 6) is 0.439. The number of rotatable bonds is 8. The Labute approximate surface area is 238 Å². The van der Waals surface area contributed by atoms with Gasteiger partial charge >= 0.3 is 0 Å². The summed E-state index contributed by atoms with van der Waals surface area (Å²) in [6, 6.07) is 28.3. The third-order valence-electron chi connectivity index (χ3n) is 8.51. The molecule has 0 atom stereocenters. The van der Waals surface area contributed by atoms with Crippen LogP contribution < -0.4 is 5.32 Å². The topological polar surface area (TPSA) is 49.3 Å². The van der Waals surface area contributed by atoms with Gasteiger partial charge in [-0.25, -0.2) is 0 Å². The van der Waals surface area contributed by atoms with Gasteiger partial charge in [0.1, 0.15) is 5.75 Å². The van der Waals surface area contributed by atoms with Crippen LogP contribution in [0.5, 0.6) is 5.75 Å². The summed E-state index contributed by atoms with van der Waals surface area (Å²) < 4.78 is 0. The molecule has 4 aromatic rings. The van der Waals surface area contributed by atoms with E-state index < -0.39 is 0 Å². The molecule has 0 aromatic heterocycles. The van der Waals surface area contributed by atoms with Crippen molar-refractivity contribution in [3.63, 3.8) is 0 Å². The number of hydrogen-bond donors (Lipinski definition) is 2. The van der Waals surface area contributed by atoms with Crippen LogP contribution in [0.1, 0.15) is 90.5 Å². The molecule has 5 rings (SSSR count). The monoisotopic (exact) mass is 529 g/mol. The predicted molar refractivity (Wildman–Crippen MR) is 167 cm³/mol. The lowest BCUT2D eigenvalue weighted by molar-refractivity contribution is 0.102. The zero-order valence-electron chi connectivity index (χ0n) is 24.1. The second kappa shape index (κ2) is 12.0. The average Bonchev–Trinajstić information content (AvgIpc) is 2.93. The summed E-state index contributed by atoms with van der Waals surface area (Å²) in [5.41, 5.74) is 12.0. The van der Waals surface area contributed by atoms with E-state index in [2.05, 4.69) is 51.2 Å². The molecule has 0 bridgehead atoms. The number of benzene rings is 4. The van der Waals surface area contributed by atoms with E-state index in [1.54, 1.807) is 6.07 Å². The van der Waals surface area contributed by atoms with Crippen molar-refractivity contribution in [2.45, 2.75) is 65.7 Å². The first-order chi connectivity index (χ1) is 19.3. The van der Waals surface area contributed by atoms with Gasteiger partial charge in [-0.05, 0) is 110 Å². The van der Waals surface area contributed by atoms with Gasteiger partial charge in [-0.2, -0.15) is 0 Å². The normalized spacial score (nSPS) is 13.9. The number of anilines is 1. The molecule has 3 nitrogen and oxygen atoms in total. The number of phenolic OH excluding ortho intramolecular Hbond substituents is 1. The van der Waals surface area contributed by atoms with Crippen molar-refractivity contribution in [1.29, 1.82) is 0 Å². The van der Waals surface area contributed by atoms with E-state index in [4.69, 9.17) is 0 Å². The first-order valence-corrected chi connectivity index (χ1v) is 14.4. The predicted octanol–water partition coefficient (Wildman–Crippen LogP) is 9.68. The first-order valence-electron chi connectivity index (χ1n) is 14.4. The standard InChI is InChI=1S/C37H39NO2/c1-5-24(2)26(4)33-21-28(15-14-25(33)3)20-27-16-18-31(19-17-27)37(40)38-32-22-34(29-12-9-13-29)36(35(39)23-32)30-10-7-6-8-11-30/h6-8,10-11,14-19,21-23,29,39H,5,9,12-13,20H2,1-4H3,(H,38,40)/b26-24-. The Morgan fingerprint density at radius 3 is 2.25 bits per heavy atom. The van der Waals surface area contributed by atoms with Gasteiger partial charge in [0.15, 0.2) is 0 Å². The Morgan fingerprint density at radius 1 is 0.900 bits per heavy atom. The minimum absolute atomic E-state index is 0.175. The van der Waals surface area contributed by atoms with Crippen molar-refractivity contribution in [1.82, 2.24) is 0 Å². The Morgan fingerprint density at radius 2 is 1.60 bits per heavy atom. The summed E-state index contributed by atoms with van der Waals surface area (Å²) in [5, 5.41) is 14.0. The van der Waals surface area contributed by atoms with E-state index in [1.165, 1.54) is 34.3 Å². The molecule has 1 saturated carbocycles. The fraction of sp³-hybridized carbons (Fsp3) is 0.270. The second-order valence-corrected chi connectivity index (χ2v) is 11.2. The number of nitrogens with one attached hydrogen (secondary N) is 1. The zero-order chi connectivity index (χ0) is 28.2. The zero-order valence-corrected chi connectivity index (χ0v) is 24.1. The summed E-state index contributed by atoms with van der Waals surface area (Å²) in [4.78, 5) is 13.2. The Balaban J connectivity index is 1.33. The molecule has 4 aromatic carbocycles. The van der Waals surface area contributed by atoms with Gasteiger partial charge in [-0.1, -0.05) is 79.6 Å². The highest BCUT2D eigenvalue weighted by Crippen LogP contribution is 2.46. The molecule has 0 aliphatic heterocycles. The average molecular weight is 530 g/mol. The molecular formula is C37H39NO2. The highest BCUT2D eigenvalue weighted by atomic mass is 16.3. The van der Waals surface area contributed by atoms with Crippen LogP contribution in [0.15, 0.2) is 90.5 Å². The van der Waals surface area contributed by atoms with Crippen molar-refractivity contribution in [3.05, 3.63) is 124 Å². The first kappa shape index (κ1) is 27.5. The smallest absolute Gasteiger partial charge is 0.255 e. The maximum absolute atomic E-state index is 13.2. The van der Waals surface area contributed by atoms with Gasteiger partial charge in [-0.3, -0.25) is 4.79 Å². The summed E-state index contributed by atoms with van der Waals surface area (Å²) in [6.07, 6.45) is 5.27. The molecule has 0 radical (unpaired) electrons. The van der Waals surface area contributed by atoms with Crippen LogP contribution >= 0.6 is 0 Å². The van der Waals surface area contributed by atoms with Crippen molar-refractivity contribution >= 4 is 17.2 Å². The van der Waals surface area contributed by atoms with Crippen LogP contribution in [0.25, 0.3) is 16.7 Å². The third kappa shape index (κ3) is 5.89. The molecule has 0 saturated heterocycles. The van der Waals surface area contributed by atoms with Crippen molar-refractivity contribution in [2.75, 3.05) is 5.32 Å². The maximum Gasteiger partial charge on any atom is 0.255 e. The molecule has 204 valence electrons. The fourth-order valence-corrected chi connectivity index (χ4v) is 5.57. The molecule has 3 heteroatoms. The molecule has 0 spiro atoms. The second-order valence-electron chi connectivity index (χ2n) is 11.2. The lowest BCUT2D eigenvalue weighted by Crippen LogP contribution is -2.14. The van der Waals surface area contributed by atoms with Gasteiger partial charge in [0, 0.05) is 22.9 Å². The van der Waals surface area contributed by atoms with Gasteiger partial charge in [-0.15, -0.1) is 0 Å². The van der Waals surface area contributed by atoms with Crippen LogP contribution in [0.3, 0.4) is 0 Å². The largest absolute Gasteiger partial charge is 0.507 e. The number of aryl methyl sites for hydroxylation is 1. The number of aromatic hydroxyl groups is 1. The minimum Gasteiger partial charge on any atom is -0.507 e. The quantitative estimate of drug-likeness (QED) is 0.239.